The van der Waals surface area contributed by atoms with E-state index in [2.05, 4.69) is 0 Å². The average molecular weight is 279 g/mol. The highest BCUT2D eigenvalue weighted by atomic mass is 35.5. The van der Waals surface area contributed by atoms with Gasteiger partial charge in [0.05, 0.1) is 6.10 Å². The second-order valence-corrected chi connectivity index (χ2v) is 5.58. The van der Waals surface area contributed by atoms with E-state index < -0.39 is 6.10 Å². The van der Waals surface area contributed by atoms with E-state index in [0.29, 0.717) is 0 Å². The van der Waals surface area contributed by atoms with Gasteiger partial charge < -0.3 is 5.11 Å². The monoisotopic (exact) mass is 278 g/mol. The fraction of sp³-hybridized carbons (Fsp3) is 0.200. The first-order valence-electron chi connectivity index (χ1n) is 5.81. The Kier molecular flexibility index (Phi) is 4.70. The van der Waals surface area contributed by atoms with Crippen LogP contribution in [0, 0.1) is 0 Å². The zero-order chi connectivity index (χ0) is 13.0. The first kappa shape index (κ1) is 13.5. The fourth-order valence-corrected chi connectivity index (χ4v) is 2.89. The molecule has 0 aromatic heterocycles. The molecule has 1 nitrogen and oxygen atoms in total. The fourth-order valence-electron chi connectivity index (χ4n) is 1.64. The molecule has 0 saturated heterocycles. The second-order valence-electron chi connectivity index (χ2n) is 4.13. The molecule has 0 amide bonds. The average Bonchev–Trinajstić information content (AvgIpc) is 2.38. The number of aliphatic hydroxyl groups is 1. The quantitative estimate of drug-likeness (QED) is 0.819. The van der Waals surface area contributed by atoms with Gasteiger partial charge in [-0.1, -0.05) is 41.9 Å². The van der Waals surface area contributed by atoms with Crippen molar-refractivity contribution < 1.29 is 5.11 Å². The van der Waals surface area contributed by atoms with Gasteiger partial charge >= 0.3 is 0 Å². The summed E-state index contributed by atoms with van der Waals surface area (Å²) < 4.78 is 0. The van der Waals surface area contributed by atoms with Crippen LogP contribution in [-0.4, -0.2) is 5.11 Å². The van der Waals surface area contributed by atoms with Crippen molar-refractivity contribution in [3.8, 4) is 0 Å². The molecule has 3 heteroatoms. The molecule has 2 aromatic rings. The standard InChI is InChI=1S/C15H15ClOS/c1-11(17)12-6-4-7-14(9-12)18-10-13-5-2-3-8-15(13)16/h2-9,11,17H,10H2,1H3. The highest BCUT2D eigenvalue weighted by Crippen LogP contribution is 2.28. The number of thioether (sulfide) groups is 1. The van der Waals surface area contributed by atoms with Crippen molar-refractivity contribution in [3.05, 3.63) is 64.7 Å². The van der Waals surface area contributed by atoms with Crippen LogP contribution < -0.4 is 0 Å². The number of hydrogen-bond acceptors (Lipinski definition) is 2. The summed E-state index contributed by atoms with van der Waals surface area (Å²) >= 11 is 7.84. The summed E-state index contributed by atoms with van der Waals surface area (Å²) in [4.78, 5) is 1.15. The summed E-state index contributed by atoms with van der Waals surface area (Å²) in [5.41, 5.74) is 2.07. The molecule has 2 aromatic carbocycles. The third kappa shape index (κ3) is 3.52. The largest absolute Gasteiger partial charge is 0.389 e. The molecule has 0 radical (unpaired) electrons. The summed E-state index contributed by atoms with van der Waals surface area (Å²) in [6.45, 7) is 1.78. The Labute approximate surface area is 117 Å². The molecule has 1 N–H and O–H groups in total. The first-order valence-corrected chi connectivity index (χ1v) is 7.17. The van der Waals surface area contributed by atoms with Crippen LogP contribution >= 0.6 is 23.4 Å². The van der Waals surface area contributed by atoms with Gasteiger partial charge in [-0.15, -0.1) is 11.8 Å². The predicted octanol–water partition coefficient (Wildman–Crippen LogP) is 4.69. The van der Waals surface area contributed by atoms with E-state index in [4.69, 9.17) is 11.6 Å². The van der Waals surface area contributed by atoms with Gasteiger partial charge in [0.1, 0.15) is 0 Å². The van der Waals surface area contributed by atoms with Gasteiger partial charge in [-0.25, -0.2) is 0 Å². The van der Waals surface area contributed by atoms with Crippen molar-refractivity contribution in [1.82, 2.24) is 0 Å². The van der Waals surface area contributed by atoms with Crippen LogP contribution in [0.15, 0.2) is 53.4 Å². The van der Waals surface area contributed by atoms with E-state index in [-0.39, 0.29) is 0 Å². The van der Waals surface area contributed by atoms with Gasteiger partial charge in [0.25, 0.3) is 0 Å². The van der Waals surface area contributed by atoms with Gasteiger partial charge in [-0.3, -0.25) is 0 Å². The van der Waals surface area contributed by atoms with Crippen molar-refractivity contribution in [1.29, 1.82) is 0 Å². The zero-order valence-corrected chi connectivity index (χ0v) is 11.7. The van der Waals surface area contributed by atoms with Gasteiger partial charge in [0.2, 0.25) is 0 Å². The number of hydrogen-bond donors (Lipinski definition) is 1. The van der Waals surface area contributed by atoms with E-state index in [1.54, 1.807) is 18.7 Å². The smallest absolute Gasteiger partial charge is 0.0762 e. The van der Waals surface area contributed by atoms with Crippen LogP contribution in [0.2, 0.25) is 5.02 Å². The summed E-state index contributed by atoms with van der Waals surface area (Å²) in [7, 11) is 0. The first-order chi connectivity index (χ1) is 8.66. The lowest BCUT2D eigenvalue weighted by molar-refractivity contribution is 0.199. The third-order valence-corrected chi connectivity index (χ3v) is 4.10. The summed E-state index contributed by atoms with van der Waals surface area (Å²) in [5.74, 6) is 0.836. The molecule has 0 heterocycles. The zero-order valence-electron chi connectivity index (χ0n) is 10.1. The lowest BCUT2D eigenvalue weighted by atomic mass is 10.1. The van der Waals surface area contributed by atoms with Gasteiger partial charge in [0, 0.05) is 15.7 Å². The topological polar surface area (TPSA) is 20.2 Å². The van der Waals surface area contributed by atoms with Crippen molar-refractivity contribution in [2.24, 2.45) is 0 Å². The Balaban J connectivity index is 2.07. The van der Waals surface area contributed by atoms with Crippen molar-refractivity contribution in [3.63, 3.8) is 0 Å². The molecule has 94 valence electrons. The van der Waals surface area contributed by atoms with Crippen LogP contribution in [-0.2, 0) is 5.75 Å². The molecule has 0 aliphatic rings. The lowest BCUT2D eigenvalue weighted by Crippen LogP contribution is -1.90. The molecule has 0 fully saturated rings. The van der Waals surface area contributed by atoms with Crippen molar-refractivity contribution in [2.75, 3.05) is 0 Å². The Morgan fingerprint density at radius 3 is 2.67 bits per heavy atom. The molecule has 2 rings (SSSR count). The Hall–Kier alpha value is -0.960. The maximum absolute atomic E-state index is 9.55. The molecule has 18 heavy (non-hydrogen) atoms. The predicted molar refractivity (Wildman–Crippen MR) is 78.1 cm³/mol. The van der Waals surface area contributed by atoms with E-state index in [1.807, 2.05) is 48.5 Å². The minimum atomic E-state index is -0.425. The molecular weight excluding hydrogens is 264 g/mol. The van der Waals surface area contributed by atoms with Crippen LogP contribution in [0.25, 0.3) is 0 Å². The lowest BCUT2D eigenvalue weighted by Gasteiger charge is -2.08. The minimum absolute atomic E-state index is 0.425. The number of aliphatic hydroxyl groups excluding tert-OH is 1. The Morgan fingerprint density at radius 2 is 1.94 bits per heavy atom. The highest BCUT2D eigenvalue weighted by Gasteiger charge is 2.04. The maximum atomic E-state index is 9.55. The number of benzene rings is 2. The molecule has 1 unspecified atom stereocenters. The van der Waals surface area contributed by atoms with Gasteiger partial charge in [0.15, 0.2) is 0 Å². The minimum Gasteiger partial charge on any atom is -0.389 e. The van der Waals surface area contributed by atoms with Crippen LogP contribution in [0.5, 0.6) is 0 Å². The molecular formula is C15H15ClOS. The molecule has 0 aliphatic heterocycles. The summed E-state index contributed by atoms with van der Waals surface area (Å²) in [6, 6.07) is 15.8. The van der Waals surface area contributed by atoms with Crippen molar-refractivity contribution in [2.45, 2.75) is 23.7 Å². The normalized spacial score (nSPS) is 12.4. The van der Waals surface area contributed by atoms with E-state index in [1.165, 1.54) is 0 Å². The summed E-state index contributed by atoms with van der Waals surface area (Å²) in [5, 5.41) is 10.3. The van der Waals surface area contributed by atoms with E-state index >= 15 is 0 Å². The van der Waals surface area contributed by atoms with E-state index in [0.717, 1.165) is 26.8 Å². The Bertz CT molecular complexity index is 525. The van der Waals surface area contributed by atoms with Crippen LogP contribution in [0.1, 0.15) is 24.2 Å². The maximum Gasteiger partial charge on any atom is 0.0762 e. The number of halogens is 1. The molecule has 0 spiro atoms. The van der Waals surface area contributed by atoms with Gasteiger partial charge in [-0.2, -0.15) is 0 Å². The molecule has 1 atom stereocenters. The van der Waals surface area contributed by atoms with Gasteiger partial charge in [-0.05, 0) is 36.2 Å². The Morgan fingerprint density at radius 1 is 1.17 bits per heavy atom. The highest BCUT2D eigenvalue weighted by molar-refractivity contribution is 7.98. The number of rotatable bonds is 4. The second kappa shape index (κ2) is 6.28. The van der Waals surface area contributed by atoms with E-state index in [9.17, 15) is 5.11 Å². The van der Waals surface area contributed by atoms with Crippen LogP contribution in [0.4, 0.5) is 0 Å². The SMILES string of the molecule is CC(O)c1cccc(SCc2ccccc2Cl)c1. The summed E-state index contributed by atoms with van der Waals surface area (Å²) in [6.07, 6.45) is -0.425. The molecule has 0 saturated carbocycles. The van der Waals surface area contributed by atoms with Crippen molar-refractivity contribution >= 4 is 23.4 Å². The molecule has 0 aliphatic carbocycles. The van der Waals surface area contributed by atoms with Crippen LogP contribution in [0.3, 0.4) is 0 Å². The third-order valence-electron chi connectivity index (χ3n) is 2.69. The molecule has 0 bridgehead atoms.